The van der Waals surface area contributed by atoms with Crippen molar-refractivity contribution in [1.82, 2.24) is 4.98 Å². The summed E-state index contributed by atoms with van der Waals surface area (Å²) in [6, 6.07) is 3.81. The monoisotopic (exact) mass is 249 g/mol. The van der Waals surface area contributed by atoms with E-state index in [2.05, 4.69) is 10.3 Å². The summed E-state index contributed by atoms with van der Waals surface area (Å²) >= 11 is 0. The molecular weight excluding hydrogens is 226 g/mol. The van der Waals surface area contributed by atoms with E-state index in [1.807, 2.05) is 13.8 Å². The van der Waals surface area contributed by atoms with Crippen molar-refractivity contribution in [3.63, 3.8) is 0 Å². The van der Waals surface area contributed by atoms with Gasteiger partial charge < -0.3 is 11.1 Å². The third-order valence-electron chi connectivity index (χ3n) is 3.02. The van der Waals surface area contributed by atoms with Gasteiger partial charge in [0.25, 0.3) is 0 Å². The molecule has 0 aliphatic rings. The van der Waals surface area contributed by atoms with Gasteiger partial charge >= 0.3 is 0 Å². The van der Waals surface area contributed by atoms with Crippen LogP contribution in [-0.4, -0.2) is 16.9 Å². The number of hydrogen-bond donors (Lipinski definition) is 2. The van der Waals surface area contributed by atoms with E-state index >= 15 is 0 Å². The first kappa shape index (κ1) is 14.6. The third kappa shape index (κ3) is 5.27. The Bertz CT molecular complexity index is 351. The second-order valence-electron chi connectivity index (χ2n) is 4.74. The van der Waals surface area contributed by atoms with Crippen molar-refractivity contribution in [3.05, 3.63) is 24.5 Å². The van der Waals surface area contributed by atoms with Crippen LogP contribution in [0.2, 0.25) is 0 Å². The first-order chi connectivity index (χ1) is 8.63. The molecule has 3 N–H and O–H groups in total. The average molecular weight is 249 g/mol. The number of rotatable bonds is 7. The Morgan fingerprint density at radius 2 is 2.06 bits per heavy atom. The minimum Gasteiger partial charge on any atom is -0.328 e. The number of amides is 1. The normalized spacial score (nSPS) is 13.9. The molecule has 2 atom stereocenters. The first-order valence-electron chi connectivity index (χ1n) is 6.60. The molecule has 1 heterocycles. The molecule has 1 aromatic heterocycles. The highest BCUT2D eigenvalue weighted by molar-refractivity contribution is 5.92. The molecule has 0 saturated carbocycles. The highest BCUT2D eigenvalue weighted by Crippen LogP contribution is 2.16. The third-order valence-corrected chi connectivity index (χ3v) is 3.02. The van der Waals surface area contributed by atoms with Gasteiger partial charge in [0.05, 0.1) is 0 Å². The number of carbonyl (C=O) groups is 1. The molecule has 1 aromatic rings. The fraction of sp³-hybridized carbons (Fsp3) is 0.571. The molecule has 4 nitrogen and oxygen atoms in total. The molecule has 0 bridgehead atoms. The van der Waals surface area contributed by atoms with Crippen molar-refractivity contribution in [2.75, 3.05) is 5.32 Å². The zero-order valence-corrected chi connectivity index (χ0v) is 11.2. The number of hydrogen-bond acceptors (Lipinski definition) is 3. The van der Waals surface area contributed by atoms with Gasteiger partial charge in [-0.3, -0.25) is 9.78 Å². The minimum absolute atomic E-state index is 0.0666. The zero-order chi connectivity index (χ0) is 13.4. The van der Waals surface area contributed by atoms with Crippen LogP contribution in [0.15, 0.2) is 24.5 Å². The van der Waals surface area contributed by atoms with Gasteiger partial charge in [0, 0.05) is 30.0 Å². The number of nitrogens with zero attached hydrogens (tertiary/aromatic N) is 1. The van der Waals surface area contributed by atoms with Crippen LogP contribution in [0.1, 0.15) is 39.5 Å². The minimum atomic E-state index is 0.0666. The molecule has 2 unspecified atom stereocenters. The molecule has 0 radical (unpaired) electrons. The van der Waals surface area contributed by atoms with Gasteiger partial charge in [-0.1, -0.05) is 13.3 Å². The second kappa shape index (κ2) is 7.82. The number of pyridine rings is 1. The highest BCUT2D eigenvalue weighted by atomic mass is 16.1. The average Bonchev–Trinajstić information content (AvgIpc) is 2.35. The van der Waals surface area contributed by atoms with Crippen LogP contribution >= 0.6 is 0 Å². The van der Waals surface area contributed by atoms with Crippen molar-refractivity contribution in [3.8, 4) is 0 Å². The largest absolute Gasteiger partial charge is 0.328 e. The van der Waals surface area contributed by atoms with Gasteiger partial charge in [0.15, 0.2) is 0 Å². The standard InChI is InChI=1S/C14H23N3O/c1-3-12(6-4-5-11(2)15)14(18)17-13-7-9-16-10-8-13/h7-12H,3-6,15H2,1-2H3,(H,16,17,18). The number of nitrogens with two attached hydrogens (primary N) is 1. The predicted molar refractivity (Wildman–Crippen MR) is 74.1 cm³/mol. The summed E-state index contributed by atoms with van der Waals surface area (Å²) < 4.78 is 0. The van der Waals surface area contributed by atoms with E-state index in [4.69, 9.17) is 5.73 Å². The molecule has 0 spiro atoms. The second-order valence-corrected chi connectivity index (χ2v) is 4.74. The Morgan fingerprint density at radius 3 is 2.61 bits per heavy atom. The van der Waals surface area contributed by atoms with Crippen molar-refractivity contribution in [2.45, 2.75) is 45.6 Å². The van der Waals surface area contributed by atoms with Crippen LogP contribution in [0.4, 0.5) is 5.69 Å². The fourth-order valence-electron chi connectivity index (χ4n) is 1.89. The number of aromatic nitrogens is 1. The molecule has 0 aliphatic heterocycles. The summed E-state index contributed by atoms with van der Waals surface area (Å²) in [6.45, 7) is 4.04. The maximum absolute atomic E-state index is 12.1. The summed E-state index contributed by atoms with van der Waals surface area (Å²) in [6.07, 6.45) is 7.07. The SMILES string of the molecule is CCC(CCCC(C)N)C(=O)Nc1ccncc1. The van der Waals surface area contributed by atoms with Gasteiger partial charge in [-0.15, -0.1) is 0 Å². The van der Waals surface area contributed by atoms with Crippen LogP contribution in [0.25, 0.3) is 0 Å². The number of carbonyl (C=O) groups excluding carboxylic acids is 1. The van der Waals surface area contributed by atoms with Crippen molar-refractivity contribution < 1.29 is 4.79 Å². The smallest absolute Gasteiger partial charge is 0.227 e. The summed E-state index contributed by atoms with van der Waals surface area (Å²) in [7, 11) is 0. The molecule has 1 rings (SSSR count). The van der Waals surface area contributed by atoms with Gasteiger partial charge in [-0.05, 0) is 38.3 Å². The van der Waals surface area contributed by atoms with Crippen molar-refractivity contribution in [1.29, 1.82) is 0 Å². The van der Waals surface area contributed by atoms with Gasteiger partial charge in [0.2, 0.25) is 5.91 Å². The van der Waals surface area contributed by atoms with E-state index < -0.39 is 0 Å². The number of anilines is 1. The van der Waals surface area contributed by atoms with Crippen molar-refractivity contribution in [2.24, 2.45) is 11.7 Å². The van der Waals surface area contributed by atoms with Crippen LogP contribution in [0, 0.1) is 5.92 Å². The van der Waals surface area contributed by atoms with Crippen LogP contribution in [0.5, 0.6) is 0 Å². The molecule has 0 aliphatic carbocycles. The molecule has 100 valence electrons. The van der Waals surface area contributed by atoms with E-state index in [9.17, 15) is 4.79 Å². The van der Waals surface area contributed by atoms with Crippen LogP contribution in [0.3, 0.4) is 0 Å². The zero-order valence-electron chi connectivity index (χ0n) is 11.2. The Balaban J connectivity index is 2.42. The molecule has 1 amide bonds. The predicted octanol–water partition coefficient (Wildman–Crippen LogP) is 2.56. The van der Waals surface area contributed by atoms with E-state index in [0.717, 1.165) is 31.4 Å². The Hall–Kier alpha value is -1.42. The summed E-state index contributed by atoms with van der Waals surface area (Å²) in [5.41, 5.74) is 6.52. The van der Waals surface area contributed by atoms with Gasteiger partial charge in [-0.2, -0.15) is 0 Å². The lowest BCUT2D eigenvalue weighted by Crippen LogP contribution is -2.23. The Labute approximate surface area is 109 Å². The van der Waals surface area contributed by atoms with E-state index in [-0.39, 0.29) is 17.9 Å². The lowest BCUT2D eigenvalue weighted by Gasteiger charge is -2.15. The highest BCUT2D eigenvalue weighted by Gasteiger charge is 2.16. The maximum atomic E-state index is 12.1. The number of nitrogens with one attached hydrogen (secondary N) is 1. The van der Waals surface area contributed by atoms with Crippen LogP contribution in [-0.2, 0) is 4.79 Å². The van der Waals surface area contributed by atoms with E-state index in [1.165, 1.54) is 0 Å². The summed E-state index contributed by atoms with van der Waals surface area (Å²) in [4.78, 5) is 16.0. The van der Waals surface area contributed by atoms with Gasteiger partial charge in [0.1, 0.15) is 0 Å². The molecule has 0 fully saturated rings. The molecule has 0 aromatic carbocycles. The quantitative estimate of drug-likeness (QED) is 0.780. The molecular formula is C14H23N3O. The lowest BCUT2D eigenvalue weighted by atomic mass is 9.97. The Morgan fingerprint density at radius 1 is 1.39 bits per heavy atom. The van der Waals surface area contributed by atoms with Crippen molar-refractivity contribution >= 4 is 11.6 Å². The molecule has 4 heteroatoms. The molecule has 18 heavy (non-hydrogen) atoms. The lowest BCUT2D eigenvalue weighted by molar-refractivity contribution is -0.120. The fourth-order valence-corrected chi connectivity index (χ4v) is 1.89. The Kier molecular flexibility index (Phi) is 6.36. The van der Waals surface area contributed by atoms with Gasteiger partial charge in [-0.25, -0.2) is 0 Å². The van der Waals surface area contributed by atoms with Crippen LogP contribution < -0.4 is 11.1 Å². The topological polar surface area (TPSA) is 68.0 Å². The maximum Gasteiger partial charge on any atom is 0.227 e. The van der Waals surface area contributed by atoms with E-state index in [1.54, 1.807) is 24.5 Å². The first-order valence-corrected chi connectivity index (χ1v) is 6.60. The summed E-state index contributed by atoms with van der Waals surface area (Å²) in [5.74, 6) is 0.158. The summed E-state index contributed by atoms with van der Waals surface area (Å²) in [5, 5.41) is 2.92. The molecule has 0 saturated heterocycles. The van der Waals surface area contributed by atoms with E-state index in [0.29, 0.717) is 0 Å².